The summed E-state index contributed by atoms with van der Waals surface area (Å²) >= 11 is 0. The summed E-state index contributed by atoms with van der Waals surface area (Å²) in [6, 6.07) is 54.7. The predicted molar refractivity (Wildman–Crippen MR) is 256 cm³/mol. The number of rotatable bonds is 3. The fourth-order valence-corrected chi connectivity index (χ4v) is 8.94. The van der Waals surface area contributed by atoms with Crippen molar-refractivity contribution in [1.82, 2.24) is 0 Å². The molecule has 0 amide bonds. The summed E-state index contributed by atoms with van der Waals surface area (Å²) in [7, 11) is 0. The number of hydrogen-bond acceptors (Lipinski definition) is 0. The molecular formula is C57H56. The van der Waals surface area contributed by atoms with Crippen LogP contribution in [0.2, 0.25) is 0 Å². The number of aryl methyl sites for hydroxylation is 2. The molecule has 0 heteroatoms. The summed E-state index contributed by atoms with van der Waals surface area (Å²) in [5.41, 5.74) is 13.1. The second-order valence-corrected chi connectivity index (χ2v) is 14.6. The number of benzene rings is 9. The van der Waals surface area contributed by atoms with Gasteiger partial charge in [0, 0.05) is 0 Å². The molecule has 0 aliphatic heterocycles. The van der Waals surface area contributed by atoms with Crippen LogP contribution in [0.15, 0.2) is 152 Å². The zero-order chi connectivity index (χ0) is 40.2. The van der Waals surface area contributed by atoms with E-state index in [2.05, 4.69) is 179 Å². The van der Waals surface area contributed by atoms with Crippen molar-refractivity contribution in [3.63, 3.8) is 0 Å². The molecule has 1 aliphatic rings. The van der Waals surface area contributed by atoms with Gasteiger partial charge in [0.05, 0.1) is 0 Å². The molecule has 0 N–H and O–H groups in total. The maximum Gasteiger partial charge on any atom is -0.00696 e. The first kappa shape index (κ1) is 39.3. The number of hydrogen-bond donors (Lipinski definition) is 0. The zero-order valence-corrected chi connectivity index (χ0v) is 35.3. The predicted octanol–water partition coefficient (Wildman–Crippen LogP) is 17.7. The van der Waals surface area contributed by atoms with Gasteiger partial charge in [-0.15, -0.1) is 0 Å². The average molecular weight is 741 g/mol. The van der Waals surface area contributed by atoms with Crippen molar-refractivity contribution in [3.8, 4) is 33.4 Å². The topological polar surface area (TPSA) is 0 Å². The molecule has 9 aromatic rings. The molecule has 9 aromatic carbocycles. The van der Waals surface area contributed by atoms with Gasteiger partial charge in [-0.05, 0) is 160 Å². The van der Waals surface area contributed by atoms with Crippen molar-refractivity contribution < 1.29 is 0 Å². The summed E-state index contributed by atoms with van der Waals surface area (Å²) in [6.45, 7) is 18.8. The molecule has 1 aliphatic carbocycles. The molecule has 1 atom stereocenters. The van der Waals surface area contributed by atoms with Gasteiger partial charge in [-0.2, -0.15) is 0 Å². The molecule has 0 fully saturated rings. The maximum absolute atomic E-state index is 2.41. The SMILES string of the molecule is CC.CC.CC.Cc1ccc(-c2ccc3cc(-c4ccc5c6c(c7ccccc7c5c4)C(C)CC=C6)ccc3c2)cc1-c1cccc2c1c(C)cc1ccccc12. The Kier molecular flexibility index (Phi) is 11.7. The van der Waals surface area contributed by atoms with Gasteiger partial charge in [-0.25, -0.2) is 0 Å². The second-order valence-electron chi connectivity index (χ2n) is 14.6. The molecular weight excluding hydrogens is 685 g/mol. The Morgan fingerprint density at radius 3 is 1.70 bits per heavy atom. The van der Waals surface area contributed by atoms with E-state index in [9.17, 15) is 0 Å². The van der Waals surface area contributed by atoms with Crippen molar-refractivity contribution in [2.24, 2.45) is 0 Å². The molecule has 57 heavy (non-hydrogen) atoms. The normalized spacial score (nSPS) is 13.0. The first-order valence-corrected chi connectivity index (χ1v) is 21.2. The summed E-state index contributed by atoms with van der Waals surface area (Å²) in [4.78, 5) is 0. The van der Waals surface area contributed by atoms with Crippen LogP contribution >= 0.6 is 0 Å². The molecule has 0 aromatic heterocycles. The van der Waals surface area contributed by atoms with Crippen LogP contribution in [0.3, 0.4) is 0 Å². The first-order chi connectivity index (χ1) is 28.0. The van der Waals surface area contributed by atoms with E-state index in [1.165, 1.54) is 109 Å². The fourth-order valence-electron chi connectivity index (χ4n) is 8.94. The molecule has 0 radical (unpaired) electrons. The van der Waals surface area contributed by atoms with Crippen LogP contribution in [-0.4, -0.2) is 0 Å². The van der Waals surface area contributed by atoms with Crippen molar-refractivity contribution in [1.29, 1.82) is 0 Å². The highest BCUT2D eigenvalue weighted by Gasteiger charge is 2.20. The Balaban J connectivity index is 0.000000792. The van der Waals surface area contributed by atoms with E-state index in [0.29, 0.717) is 5.92 Å². The second kappa shape index (κ2) is 17.0. The summed E-state index contributed by atoms with van der Waals surface area (Å²) in [5, 5.41) is 13.2. The van der Waals surface area contributed by atoms with Crippen molar-refractivity contribution >= 4 is 59.9 Å². The van der Waals surface area contributed by atoms with E-state index >= 15 is 0 Å². The van der Waals surface area contributed by atoms with Gasteiger partial charge >= 0.3 is 0 Å². The number of allylic oxidation sites excluding steroid dienone is 1. The lowest BCUT2D eigenvalue weighted by Crippen LogP contribution is -2.02. The molecule has 0 saturated carbocycles. The highest BCUT2D eigenvalue weighted by Crippen LogP contribution is 2.43. The van der Waals surface area contributed by atoms with Gasteiger partial charge in [0.1, 0.15) is 0 Å². The Labute approximate surface area is 340 Å². The standard InChI is InChI=1S/C51H38.3C2H6/c1-31-18-19-38(29-48(31)47-17-9-16-44-41-12-5-4-11-40(41)26-33(3)51(44)47)36-22-20-35-28-37(23-21-34(35)27-36)39-24-25-43-46-15-8-10-32(2)50(46)45-14-7-6-13-42(45)49(43)30-39;3*1-2/h4-9,11-30,32H,10H2,1-3H3;3*1-2H3. The van der Waals surface area contributed by atoms with Gasteiger partial charge in [0.25, 0.3) is 0 Å². The van der Waals surface area contributed by atoms with Gasteiger partial charge in [0.15, 0.2) is 0 Å². The van der Waals surface area contributed by atoms with Crippen LogP contribution in [0.25, 0.3) is 93.3 Å². The Morgan fingerprint density at radius 2 is 0.982 bits per heavy atom. The minimum atomic E-state index is 0.527. The quantitative estimate of drug-likeness (QED) is 0.158. The van der Waals surface area contributed by atoms with Crippen LogP contribution in [0, 0.1) is 13.8 Å². The minimum Gasteiger partial charge on any atom is -0.0833 e. The van der Waals surface area contributed by atoms with E-state index in [1.807, 2.05) is 41.5 Å². The molecule has 0 bridgehead atoms. The lowest BCUT2D eigenvalue weighted by molar-refractivity contribution is 0.781. The molecule has 0 nitrogen and oxygen atoms in total. The van der Waals surface area contributed by atoms with Crippen molar-refractivity contribution in [2.45, 2.75) is 74.7 Å². The fraction of sp³-hybridized carbons (Fsp3) is 0.193. The third-order valence-electron chi connectivity index (χ3n) is 11.5. The Hall–Kier alpha value is -5.98. The van der Waals surface area contributed by atoms with Crippen LogP contribution < -0.4 is 0 Å². The van der Waals surface area contributed by atoms with Crippen molar-refractivity contribution in [2.75, 3.05) is 0 Å². The lowest BCUT2D eigenvalue weighted by atomic mass is 9.81. The molecule has 0 spiro atoms. The minimum absolute atomic E-state index is 0.527. The molecule has 284 valence electrons. The smallest absolute Gasteiger partial charge is 0.00696 e. The molecule has 1 unspecified atom stereocenters. The number of fused-ring (bicyclic) bond motifs is 10. The summed E-state index contributed by atoms with van der Waals surface area (Å²) in [6.07, 6.45) is 5.79. The average Bonchev–Trinajstić information content (AvgIpc) is 3.28. The highest BCUT2D eigenvalue weighted by atomic mass is 14.2. The highest BCUT2D eigenvalue weighted by molar-refractivity contribution is 6.15. The Morgan fingerprint density at radius 1 is 0.404 bits per heavy atom. The molecule has 10 rings (SSSR count). The van der Waals surface area contributed by atoms with E-state index in [4.69, 9.17) is 0 Å². The zero-order valence-electron chi connectivity index (χ0n) is 35.3. The van der Waals surface area contributed by atoms with Crippen LogP contribution in [0.5, 0.6) is 0 Å². The van der Waals surface area contributed by atoms with E-state index in [-0.39, 0.29) is 0 Å². The molecule has 0 saturated heterocycles. The van der Waals surface area contributed by atoms with Crippen molar-refractivity contribution in [3.05, 3.63) is 174 Å². The van der Waals surface area contributed by atoms with E-state index < -0.39 is 0 Å². The van der Waals surface area contributed by atoms with Gasteiger partial charge in [0.2, 0.25) is 0 Å². The van der Waals surface area contributed by atoms with Crippen LogP contribution in [0.1, 0.15) is 83.1 Å². The largest absolute Gasteiger partial charge is 0.0833 e. The summed E-state index contributed by atoms with van der Waals surface area (Å²) in [5.74, 6) is 0.527. The third kappa shape index (κ3) is 7.04. The van der Waals surface area contributed by atoms with E-state index in [1.54, 1.807) is 0 Å². The van der Waals surface area contributed by atoms with E-state index in [0.717, 1.165) is 6.42 Å². The maximum atomic E-state index is 2.41. The first-order valence-electron chi connectivity index (χ1n) is 21.2. The summed E-state index contributed by atoms with van der Waals surface area (Å²) < 4.78 is 0. The van der Waals surface area contributed by atoms with Crippen LogP contribution in [0.4, 0.5) is 0 Å². The van der Waals surface area contributed by atoms with Gasteiger partial charge in [-0.3, -0.25) is 0 Å². The van der Waals surface area contributed by atoms with Gasteiger partial charge < -0.3 is 0 Å². The Bertz CT molecular complexity index is 2920. The monoisotopic (exact) mass is 740 g/mol. The molecule has 0 heterocycles. The van der Waals surface area contributed by atoms with Gasteiger partial charge in [-0.1, -0.05) is 182 Å². The van der Waals surface area contributed by atoms with Crippen LogP contribution in [-0.2, 0) is 0 Å². The third-order valence-corrected chi connectivity index (χ3v) is 11.5. The lowest BCUT2D eigenvalue weighted by Gasteiger charge is -2.23.